The minimum Gasteiger partial charge on any atom is -0.488 e. The summed E-state index contributed by atoms with van der Waals surface area (Å²) in [5.74, 6) is -0.968. The van der Waals surface area contributed by atoms with Crippen LogP contribution in [-0.4, -0.2) is 5.91 Å². The molecule has 0 saturated carbocycles. The highest BCUT2D eigenvalue weighted by Gasteiger charge is 2.11. The van der Waals surface area contributed by atoms with Crippen molar-refractivity contribution in [3.8, 4) is 11.8 Å². The molecule has 0 aliphatic rings. The number of rotatable bonds is 6. The van der Waals surface area contributed by atoms with E-state index in [1.54, 1.807) is 36.4 Å². The van der Waals surface area contributed by atoms with Crippen LogP contribution in [0, 0.1) is 23.0 Å². The standard InChI is InChI=1S/C23H16F2N2O2/c24-19-8-10-21(11-9-19)27-23(28)18(14-26)13-17-5-1-2-7-22(17)29-15-16-4-3-6-20(25)12-16/h1-13H,15H2,(H,27,28)/b18-13+. The summed E-state index contributed by atoms with van der Waals surface area (Å²) in [7, 11) is 0. The molecule has 1 amide bonds. The van der Waals surface area contributed by atoms with E-state index in [9.17, 15) is 18.8 Å². The zero-order valence-electron chi connectivity index (χ0n) is 15.2. The lowest BCUT2D eigenvalue weighted by molar-refractivity contribution is -0.112. The molecule has 0 fully saturated rings. The SMILES string of the molecule is N#C/C(=C\c1ccccc1OCc1cccc(F)c1)C(=O)Nc1ccc(F)cc1. The fourth-order valence-corrected chi connectivity index (χ4v) is 2.55. The van der Waals surface area contributed by atoms with Crippen LogP contribution in [-0.2, 0) is 11.4 Å². The summed E-state index contributed by atoms with van der Waals surface area (Å²) in [6, 6.07) is 20.0. The van der Waals surface area contributed by atoms with Crippen molar-refractivity contribution < 1.29 is 18.3 Å². The number of hydrogen-bond donors (Lipinski definition) is 1. The van der Waals surface area contributed by atoms with Gasteiger partial charge in [0.05, 0.1) is 0 Å². The van der Waals surface area contributed by atoms with E-state index in [1.165, 1.54) is 42.5 Å². The van der Waals surface area contributed by atoms with Gasteiger partial charge in [0.1, 0.15) is 35.6 Å². The van der Waals surface area contributed by atoms with E-state index in [4.69, 9.17) is 4.74 Å². The van der Waals surface area contributed by atoms with Crippen molar-refractivity contribution >= 4 is 17.7 Å². The fourth-order valence-electron chi connectivity index (χ4n) is 2.55. The molecule has 0 atom stereocenters. The Balaban J connectivity index is 1.77. The molecule has 1 N–H and O–H groups in total. The second-order valence-corrected chi connectivity index (χ2v) is 6.09. The molecule has 3 rings (SSSR count). The van der Waals surface area contributed by atoms with Gasteiger partial charge in [-0.15, -0.1) is 0 Å². The summed E-state index contributed by atoms with van der Waals surface area (Å²) in [6.07, 6.45) is 1.40. The molecule has 3 aromatic rings. The molecule has 0 saturated heterocycles. The van der Waals surface area contributed by atoms with Gasteiger partial charge in [-0.1, -0.05) is 30.3 Å². The van der Waals surface area contributed by atoms with Crippen LogP contribution in [0.3, 0.4) is 0 Å². The normalized spacial score (nSPS) is 10.9. The van der Waals surface area contributed by atoms with E-state index < -0.39 is 11.7 Å². The lowest BCUT2D eigenvalue weighted by Crippen LogP contribution is -2.13. The minimum atomic E-state index is -0.626. The zero-order chi connectivity index (χ0) is 20.6. The van der Waals surface area contributed by atoms with Gasteiger partial charge in [-0.25, -0.2) is 8.78 Å². The van der Waals surface area contributed by atoms with Gasteiger partial charge >= 0.3 is 0 Å². The number of ether oxygens (including phenoxy) is 1. The smallest absolute Gasteiger partial charge is 0.266 e. The molecule has 0 aliphatic carbocycles. The Kier molecular flexibility index (Phi) is 6.33. The molecule has 4 nitrogen and oxygen atoms in total. The summed E-state index contributed by atoms with van der Waals surface area (Å²) < 4.78 is 32.0. The summed E-state index contributed by atoms with van der Waals surface area (Å²) >= 11 is 0. The second kappa shape index (κ2) is 9.29. The highest BCUT2D eigenvalue weighted by Crippen LogP contribution is 2.23. The summed E-state index contributed by atoms with van der Waals surface area (Å²) in [5.41, 5.74) is 1.40. The third-order valence-corrected chi connectivity index (χ3v) is 3.97. The van der Waals surface area contributed by atoms with Crippen molar-refractivity contribution in [2.24, 2.45) is 0 Å². The van der Waals surface area contributed by atoms with Crippen LogP contribution >= 0.6 is 0 Å². The highest BCUT2D eigenvalue weighted by molar-refractivity contribution is 6.09. The molecule has 29 heavy (non-hydrogen) atoms. The van der Waals surface area contributed by atoms with Crippen molar-refractivity contribution in [2.75, 3.05) is 5.32 Å². The summed E-state index contributed by atoms with van der Waals surface area (Å²) in [5, 5.41) is 11.9. The molecule has 0 radical (unpaired) electrons. The Morgan fingerprint density at radius 1 is 1.00 bits per heavy atom. The number of nitrogens with zero attached hydrogens (tertiary/aromatic N) is 1. The number of benzene rings is 3. The first-order valence-corrected chi connectivity index (χ1v) is 8.70. The van der Waals surface area contributed by atoms with Gasteiger partial charge in [-0.05, 0) is 54.1 Å². The molecule has 144 valence electrons. The van der Waals surface area contributed by atoms with E-state index in [0.717, 1.165) is 0 Å². The first kappa shape index (κ1) is 19.8. The van der Waals surface area contributed by atoms with E-state index in [1.807, 2.05) is 6.07 Å². The Morgan fingerprint density at radius 2 is 1.76 bits per heavy atom. The number of carbonyl (C=O) groups is 1. The van der Waals surface area contributed by atoms with Crippen LogP contribution < -0.4 is 10.1 Å². The lowest BCUT2D eigenvalue weighted by Gasteiger charge is -2.10. The topological polar surface area (TPSA) is 62.1 Å². The van der Waals surface area contributed by atoms with Gasteiger partial charge in [0, 0.05) is 11.3 Å². The number of para-hydroxylation sites is 1. The van der Waals surface area contributed by atoms with E-state index in [2.05, 4.69) is 5.32 Å². The Labute approximate surface area is 166 Å². The number of hydrogen-bond acceptors (Lipinski definition) is 3. The predicted octanol–water partition coefficient (Wildman–Crippen LogP) is 5.09. The van der Waals surface area contributed by atoms with E-state index in [0.29, 0.717) is 22.6 Å². The maximum atomic E-state index is 13.3. The highest BCUT2D eigenvalue weighted by atomic mass is 19.1. The molecule has 3 aromatic carbocycles. The lowest BCUT2D eigenvalue weighted by atomic mass is 10.1. The van der Waals surface area contributed by atoms with Gasteiger partial charge in [0.15, 0.2) is 0 Å². The predicted molar refractivity (Wildman–Crippen MR) is 106 cm³/mol. The quantitative estimate of drug-likeness (QED) is 0.471. The van der Waals surface area contributed by atoms with Gasteiger partial charge in [0.2, 0.25) is 0 Å². The molecule has 0 aliphatic heterocycles. The molecule has 0 unspecified atom stereocenters. The Hall–Kier alpha value is -3.98. The molecule has 0 bridgehead atoms. The van der Waals surface area contributed by atoms with E-state index >= 15 is 0 Å². The van der Waals surface area contributed by atoms with Gasteiger partial charge in [-0.3, -0.25) is 4.79 Å². The monoisotopic (exact) mass is 390 g/mol. The van der Waals surface area contributed by atoms with Gasteiger partial charge < -0.3 is 10.1 Å². The maximum Gasteiger partial charge on any atom is 0.266 e. The van der Waals surface area contributed by atoms with Crippen LogP contribution in [0.2, 0.25) is 0 Å². The zero-order valence-corrected chi connectivity index (χ0v) is 15.2. The number of anilines is 1. The van der Waals surface area contributed by atoms with Gasteiger partial charge in [0.25, 0.3) is 5.91 Å². The second-order valence-electron chi connectivity index (χ2n) is 6.09. The molecule has 6 heteroatoms. The molecule has 0 spiro atoms. The average Bonchev–Trinajstić information content (AvgIpc) is 2.73. The molecule has 0 aromatic heterocycles. The number of amides is 1. The Morgan fingerprint density at radius 3 is 2.48 bits per heavy atom. The molecule has 0 heterocycles. The number of carbonyl (C=O) groups excluding carboxylic acids is 1. The average molecular weight is 390 g/mol. The van der Waals surface area contributed by atoms with Crippen LogP contribution in [0.5, 0.6) is 5.75 Å². The first-order chi connectivity index (χ1) is 14.0. The number of halogens is 2. The summed E-state index contributed by atoms with van der Waals surface area (Å²) in [4.78, 5) is 12.4. The number of nitriles is 1. The number of nitrogens with one attached hydrogen (secondary N) is 1. The van der Waals surface area contributed by atoms with Crippen molar-refractivity contribution in [1.29, 1.82) is 5.26 Å². The third-order valence-electron chi connectivity index (χ3n) is 3.97. The van der Waals surface area contributed by atoms with Crippen molar-refractivity contribution in [3.05, 3.63) is 101 Å². The first-order valence-electron chi connectivity index (χ1n) is 8.70. The van der Waals surface area contributed by atoms with Crippen molar-refractivity contribution in [2.45, 2.75) is 6.61 Å². The largest absolute Gasteiger partial charge is 0.488 e. The van der Waals surface area contributed by atoms with Crippen LogP contribution in [0.25, 0.3) is 6.08 Å². The minimum absolute atomic E-state index is 0.131. The Bertz CT molecular complexity index is 1090. The van der Waals surface area contributed by atoms with Crippen LogP contribution in [0.1, 0.15) is 11.1 Å². The van der Waals surface area contributed by atoms with Crippen molar-refractivity contribution in [1.82, 2.24) is 0 Å². The fraction of sp³-hybridized carbons (Fsp3) is 0.0435. The van der Waals surface area contributed by atoms with Crippen molar-refractivity contribution in [3.63, 3.8) is 0 Å². The van der Waals surface area contributed by atoms with Crippen LogP contribution in [0.4, 0.5) is 14.5 Å². The third kappa shape index (κ3) is 5.50. The van der Waals surface area contributed by atoms with Gasteiger partial charge in [-0.2, -0.15) is 5.26 Å². The summed E-state index contributed by atoms with van der Waals surface area (Å²) in [6.45, 7) is 0.131. The molecular weight excluding hydrogens is 374 g/mol. The van der Waals surface area contributed by atoms with Crippen LogP contribution in [0.15, 0.2) is 78.4 Å². The maximum absolute atomic E-state index is 13.3. The van der Waals surface area contributed by atoms with E-state index in [-0.39, 0.29) is 18.0 Å². The molecular formula is C23H16F2N2O2.